The van der Waals surface area contributed by atoms with Crippen molar-refractivity contribution < 1.29 is 0 Å². The molecule has 0 spiro atoms. The molecular formula is C19H35IN4S. The van der Waals surface area contributed by atoms with Gasteiger partial charge in [0.05, 0.1) is 0 Å². The van der Waals surface area contributed by atoms with Crippen molar-refractivity contribution >= 4 is 41.3 Å². The van der Waals surface area contributed by atoms with Crippen molar-refractivity contribution in [1.82, 2.24) is 15.1 Å². The van der Waals surface area contributed by atoms with Gasteiger partial charge in [-0.2, -0.15) is 0 Å². The van der Waals surface area contributed by atoms with E-state index in [0.717, 1.165) is 31.4 Å². The predicted molar refractivity (Wildman–Crippen MR) is 122 cm³/mol. The second kappa shape index (κ2) is 12.9. The molecule has 1 saturated heterocycles. The molecule has 0 amide bonds. The number of piperidine rings is 1. The first-order valence-corrected chi connectivity index (χ1v) is 10.2. The standard InChI is InChI=1S/C19H34N4S.HI/c1-17-8-6-13-23(16-17)12-5-4-11-21-19(20-2)22(3)14-10-18-9-7-15-24-18;/h7,9,15,17H,4-6,8,10-14,16H2,1-3H3,(H,20,21);1H. The second-order valence-electron chi connectivity index (χ2n) is 6.98. The van der Waals surface area contributed by atoms with Gasteiger partial charge in [-0.15, -0.1) is 35.3 Å². The molecule has 1 N–H and O–H groups in total. The maximum atomic E-state index is 4.41. The molecule has 4 nitrogen and oxygen atoms in total. The molecule has 2 heterocycles. The van der Waals surface area contributed by atoms with Gasteiger partial charge in [0.2, 0.25) is 0 Å². The Labute approximate surface area is 175 Å². The highest BCUT2D eigenvalue weighted by Gasteiger charge is 2.15. The molecule has 0 saturated carbocycles. The fourth-order valence-corrected chi connectivity index (χ4v) is 4.07. The lowest BCUT2D eigenvalue weighted by atomic mass is 10.0. The van der Waals surface area contributed by atoms with Crippen LogP contribution in [0.2, 0.25) is 0 Å². The van der Waals surface area contributed by atoms with Crippen molar-refractivity contribution in [2.24, 2.45) is 10.9 Å². The van der Waals surface area contributed by atoms with Crippen molar-refractivity contribution in [2.75, 3.05) is 46.8 Å². The summed E-state index contributed by atoms with van der Waals surface area (Å²) in [5, 5.41) is 5.65. The van der Waals surface area contributed by atoms with E-state index >= 15 is 0 Å². The Bertz CT molecular complexity index is 478. The lowest BCUT2D eigenvalue weighted by Crippen LogP contribution is -2.40. The molecule has 1 atom stereocenters. The third-order valence-corrected chi connectivity index (χ3v) is 5.71. The number of halogens is 1. The van der Waals surface area contributed by atoms with Crippen molar-refractivity contribution in [1.29, 1.82) is 0 Å². The molecule has 25 heavy (non-hydrogen) atoms. The first-order chi connectivity index (χ1) is 11.7. The van der Waals surface area contributed by atoms with E-state index in [1.54, 1.807) is 0 Å². The summed E-state index contributed by atoms with van der Waals surface area (Å²) in [4.78, 5) is 10.7. The largest absolute Gasteiger partial charge is 0.356 e. The highest BCUT2D eigenvalue weighted by molar-refractivity contribution is 14.0. The normalized spacial score (nSPS) is 18.7. The predicted octanol–water partition coefficient (Wildman–Crippen LogP) is 3.93. The van der Waals surface area contributed by atoms with Crippen molar-refractivity contribution in [3.05, 3.63) is 22.4 Å². The van der Waals surface area contributed by atoms with Crippen molar-refractivity contribution in [3.8, 4) is 0 Å². The van der Waals surface area contributed by atoms with E-state index in [1.807, 2.05) is 18.4 Å². The van der Waals surface area contributed by atoms with Gasteiger partial charge in [0.1, 0.15) is 0 Å². The SMILES string of the molecule is CN=C(NCCCCN1CCCC(C)C1)N(C)CCc1cccs1.I. The van der Waals surface area contributed by atoms with Crippen LogP contribution in [0.5, 0.6) is 0 Å². The highest BCUT2D eigenvalue weighted by atomic mass is 127. The zero-order chi connectivity index (χ0) is 17.2. The molecule has 1 fully saturated rings. The number of guanidine groups is 1. The van der Waals surface area contributed by atoms with Crippen molar-refractivity contribution in [2.45, 2.75) is 39.0 Å². The Balaban J connectivity index is 0.00000312. The van der Waals surface area contributed by atoms with Crippen LogP contribution in [-0.4, -0.2) is 62.6 Å². The van der Waals surface area contributed by atoms with Crippen LogP contribution in [0.15, 0.2) is 22.5 Å². The number of nitrogens with zero attached hydrogens (tertiary/aromatic N) is 3. The molecule has 1 aromatic rings. The van der Waals surface area contributed by atoms with Crippen LogP contribution in [-0.2, 0) is 6.42 Å². The molecule has 6 heteroatoms. The van der Waals surface area contributed by atoms with E-state index in [2.05, 4.69) is 51.6 Å². The number of hydrogen-bond acceptors (Lipinski definition) is 3. The van der Waals surface area contributed by atoms with Crippen LogP contribution in [0.25, 0.3) is 0 Å². The van der Waals surface area contributed by atoms with Gasteiger partial charge in [-0.05, 0) is 62.6 Å². The van der Waals surface area contributed by atoms with Crippen molar-refractivity contribution in [3.63, 3.8) is 0 Å². The van der Waals surface area contributed by atoms with Gasteiger partial charge in [-0.1, -0.05) is 13.0 Å². The zero-order valence-corrected chi connectivity index (χ0v) is 19.2. The second-order valence-corrected chi connectivity index (χ2v) is 8.01. The average Bonchev–Trinajstić information content (AvgIpc) is 3.09. The van der Waals surface area contributed by atoms with E-state index in [-0.39, 0.29) is 24.0 Å². The Hall–Kier alpha value is -0.340. The molecule has 1 unspecified atom stereocenters. The lowest BCUT2D eigenvalue weighted by Gasteiger charge is -2.30. The summed E-state index contributed by atoms with van der Waals surface area (Å²) in [6.45, 7) is 8.24. The number of hydrogen-bond donors (Lipinski definition) is 1. The van der Waals surface area contributed by atoms with E-state index in [0.29, 0.717) is 0 Å². The van der Waals surface area contributed by atoms with Crippen LogP contribution in [0.4, 0.5) is 0 Å². The van der Waals surface area contributed by atoms with Gasteiger partial charge in [-0.3, -0.25) is 4.99 Å². The average molecular weight is 478 g/mol. The van der Waals surface area contributed by atoms with Gasteiger partial charge in [-0.25, -0.2) is 0 Å². The van der Waals surface area contributed by atoms with Crippen LogP contribution in [0.1, 0.15) is 37.5 Å². The molecule has 1 aliphatic heterocycles. The fourth-order valence-electron chi connectivity index (χ4n) is 3.37. The lowest BCUT2D eigenvalue weighted by molar-refractivity contribution is 0.181. The summed E-state index contributed by atoms with van der Waals surface area (Å²) in [5.41, 5.74) is 0. The van der Waals surface area contributed by atoms with Gasteiger partial charge in [0, 0.05) is 38.6 Å². The fraction of sp³-hybridized carbons (Fsp3) is 0.737. The first-order valence-electron chi connectivity index (χ1n) is 9.35. The molecule has 0 radical (unpaired) electrons. The third-order valence-electron chi connectivity index (χ3n) is 4.77. The summed E-state index contributed by atoms with van der Waals surface area (Å²) in [7, 11) is 4.00. The maximum absolute atomic E-state index is 4.41. The minimum atomic E-state index is 0. The smallest absolute Gasteiger partial charge is 0.193 e. The van der Waals surface area contributed by atoms with Crippen LogP contribution < -0.4 is 5.32 Å². The quantitative estimate of drug-likeness (QED) is 0.266. The minimum Gasteiger partial charge on any atom is -0.356 e. The topological polar surface area (TPSA) is 30.9 Å². The van der Waals surface area contributed by atoms with Gasteiger partial charge < -0.3 is 15.1 Å². The number of rotatable bonds is 8. The molecule has 1 aliphatic rings. The molecule has 2 rings (SSSR count). The van der Waals surface area contributed by atoms with Crippen LogP contribution in [0, 0.1) is 5.92 Å². The van der Waals surface area contributed by atoms with E-state index < -0.39 is 0 Å². The number of likely N-dealkylation sites (N-methyl/N-ethyl adjacent to an activating group) is 1. The Morgan fingerprint density at radius 1 is 1.44 bits per heavy atom. The first kappa shape index (κ1) is 22.7. The molecule has 0 aliphatic carbocycles. The Kier molecular flexibility index (Phi) is 11.7. The molecule has 144 valence electrons. The summed E-state index contributed by atoms with van der Waals surface area (Å²) in [5.74, 6) is 1.89. The van der Waals surface area contributed by atoms with E-state index in [9.17, 15) is 0 Å². The van der Waals surface area contributed by atoms with E-state index in [4.69, 9.17) is 0 Å². The zero-order valence-electron chi connectivity index (χ0n) is 16.0. The number of nitrogens with one attached hydrogen (secondary N) is 1. The number of thiophene rings is 1. The minimum absolute atomic E-state index is 0. The highest BCUT2D eigenvalue weighted by Crippen LogP contribution is 2.15. The number of likely N-dealkylation sites (tertiary alicyclic amines) is 1. The number of unbranched alkanes of at least 4 members (excludes halogenated alkanes) is 1. The third kappa shape index (κ3) is 8.73. The summed E-state index contributed by atoms with van der Waals surface area (Å²) < 4.78 is 0. The monoisotopic (exact) mass is 478 g/mol. The Morgan fingerprint density at radius 3 is 2.96 bits per heavy atom. The summed E-state index contributed by atoms with van der Waals surface area (Å²) in [6.07, 6.45) is 6.35. The molecular weight excluding hydrogens is 443 g/mol. The molecule has 0 bridgehead atoms. The van der Waals surface area contributed by atoms with Gasteiger partial charge in [0.25, 0.3) is 0 Å². The van der Waals surface area contributed by atoms with Gasteiger partial charge >= 0.3 is 0 Å². The van der Waals surface area contributed by atoms with Gasteiger partial charge in [0.15, 0.2) is 5.96 Å². The number of aliphatic imine (C=N–C) groups is 1. The van der Waals surface area contributed by atoms with Crippen LogP contribution >= 0.6 is 35.3 Å². The Morgan fingerprint density at radius 2 is 2.28 bits per heavy atom. The van der Waals surface area contributed by atoms with Crippen LogP contribution in [0.3, 0.4) is 0 Å². The molecule has 1 aromatic heterocycles. The summed E-state index contributed by atoms with van der Waals surface area (Å²) in [6, 6.07) is 4.33. The molecule has 0 aromatic carbocycles. The van der Waals surface area contributed by atoms with E-state index in [1.165, 1.54) is 50.2 Å². The summed E-state index contributed by atoms with van der Waals surface area (Å²) >= 11 is 1.83. The maximum Gasteiger partial charge on any atom is 0.193 e.